The minimum Gasteiger partial charge on any atom is -0.351 e. The first kappa shape index (κ1) is 12.8. The van der Waals surface area contributed by atoms with Gasteiger partial charge in [0.1, 0.15) is 0 Å². The summed E-state index contributed by atoms with van der Waals surface area (Å²) in [6.07, 6.45) is 1.66. The number of hydrogen-bond donors (Lipinski definition) is 0. The van der Waals surface area contributed by atoms with Gasteiger partial charge in [-0.25, -0.2) is 9.37 Å². The van der Waals surface area contributed by atoms with Crippen molar-refractivity contribution in [2.24, 2.45) is 0 Å². The zero-order valence-corrected chi connectivity index (χ0v) is 11.6. The molecule has 2 fully saturated rings. The maximum absolute atomic E-state index is 13.6. The van der Waals surface area contributed by atoms with Crippen LogP contribution in [-0.2, 0) is 0 Å². The number of piperazine rings is 1. The number of pyridine rings is 1. The van der Waals surface area contributed by atoms with Crippen LogP contribution in [-0.4, -0.2) is 66.6 Å². The first-order valence-corrected chi connectivity index (χ1v) is 6.95. The summed E-state index contributed by atoms with van der Waals surface area (Å²) in [4.78, 5) is 11.1. The second-order valence-corrected chi connectivity index (χ2v) is 5.69. The van der Waals surface area contributed by atoms with Crippen LogP contribution in [0.4, 0.5) is 10.2 Å². The molecule has 0 N–H and O–H groups in total. The standard InChI is InChI=1S/C14H21FN4/c1-11-8-18(7-6-17(11)2)12-9-19(10-12)14-13(15)4-3-5-16-14/h3-5,11-12H,6-10H2,1-2H3/t11-/m1/s1. The Bertz CT molecular complexity index is 447. The molecule has 0 amide bonds. The predicted molar refractivity (Wildman–Crippen MR) is 73.9 cm³/mol. The van der Waals surface area contributed by atoms with E-state index in [1.54, 1.807) is 12.3 Å². The van der Waals surface area contributed by atoms with E-state index in [0.29, 0.717) is 17.9 Å². The summed E-state index contributed by atoms with van der Waals surface area (Å²) in [5, 5.41) is 0. The summed E-state index contributed by atoms with van der Waals surface area (Å²) in [6.45, 7) is 7.40. The minimum atomic E-state index is -0.215. The van der Waals surface area contributed by atoms with Crippen LogP contribution >= 0.6 is 0 Å². The molecule has 3 heterocycles. The van der Waals surface area contributed by atoms with Crippen LogP contribution in [0.15, 0.2) is 18.3 Å². The van der Waals surface area contributed by atoms with E-state index < -0.39 is 0 Å². The highest BCUT2D eigenvalue weighted by molar-refractivity contribution is 5.43. The highest BCUT2D eigenvalue weighted by atomic mass is 19.1. The molecular weight excluding hydrogens is 243 g/mol. The summed E-state index contributed by atoms with van der Waals surface area (Å²) in [5.41, 5.74) is 0. The molecule has 0 spiro atoms. The molecule has 1 aromatic heterocycles. The van der Waals surface area contributed by atoms with E-state index in [0.717, 1.165) is 32.7 Å². The molecule has 19 heavy (non-hydrogen) atoms. The molecule has 4 nitrogen and oxygen atoms in total. The van der Waals surface area contributed by atoms with Crippen molar-refractivity contribution in [3.8, 4) is 0 Å². The van der Waals surface area contributed by atoms with Gasteiger partial charge in [-0.1, -0.05) is 0 Å². The highest BCUT2D eigenvalue weighted by Gasteiger charge is 2.36. The first-order valence-electron chi connectivity index (χ1n) is 6.95. The van der Waals surface area contributed by atoms with Crippen molar-refractivity contribution < 1.29 is 4.39 Å². The fourth-order valence-electron chi connectivity index (χ4n) is 2.88. The average molecular weight is 264 g/mol. The molecule has 0 unspecified atom stereocenters. The van der Waals surface area contributed by atoms with Gasteiger partial charge in [0, 0.05) is 51.0 Å². The number of rotatable bonds is 2. The number of hydrogen-bond acceptors (Lipinski definition) is 4. The Balaban J connectivity index is 1.57. The van der Waals surface area contributed by atoms with E-state index in [9.17, 15) is 4.39 Å². The monoisotopic (exact) mass is 264 g/mol. The molecule has 0 radical (unpaired) electrons. The van der Waals surface area contributed by atoms with Gasteiger partial charge in [0.05, 0.1) is 0 Å². The molecule has 3 rings (SSSR count). The largest absolute Gasteiger partial charge is 0.351 e. The molecular formula is C14H21FN4. The number of likely N-dealkylation sites (N-methyl/N-ethyl adjacent to an activating group) is 1. The van der Waals surface area contributed by atoms with E-state index in [2.05, 4.69) is 28.8 Å². The Hall–Kier alpha value is -1.20. The van der Waals surface area contributed by atoms with Gasteiger partial charge in [-0.15, -0.1) is 0 Å². The van der Waals surface area contributed by atoms with Gasteiger partial charge in [-0.3, -0.25) is 4.90 Å². The highest BCUT2D eigenvalue weighted by Crippen LogP contribution is 2.25. The fourth-order valence-corrected chi connectivity index (χ4v) is 2.88. The van der Waals surface area contributed by atoms with Gasteiger partial charge < -0.3 is 9.80 Å². The minimum absolute atomic E-state index is 0.215. The topological polar surface area (TPSA) is 22.6 Å². The van der Waals surface area contributed by atoms with Crippen molar-refractivity contribution in [3.63, 3.8) is 0 Å². The van der Waals surface area contributed by atoms with Crippen LogP contribution in [0.3, 0.4) is 0 Å². The summed E-state index contributed by atoms with van der Waals surface area (Å²) < 4.78 is 13.6. The molecule has 104 valence electrons. The summed E-state index contributed by atoms with van der Waals surface area (Å²) in [5.74, 6) is 0.286. The van der Waals surface area contributed by atoms with E-state index >= 15 is 0 Å². The smallest absolute Gasteiger partial charge is 0.165 e. The van der Waals surface area contributed by atoms with Gasteiger partial charge in [0.25, 0.3) is 0 Å². The lowest BCUT2D eigenvalue weighted by Gasteiger charge is -2.49. The third-order valence-electron chi connectivity index (χ3n) is 4.41. The molecule has 0 saturated carbocycles. The fraction of sp³-hybridized carbons (Fsp3) is 0.643. The molecule has 0 bridgehead atoms. The van der Waals surface area contributed by atoms with Crippen molar-refractivity contribution in [1.29, 1.82) is 0 Å². The van der Waals surface area contributed by atoms with Crippen LogP contribution < -0.4 is 4.90 Å². The van der Waals surface area contributed by atoms with Crippen LogP contribution in [0, 0.1) is 5.82 Å². The van der Waals surface area contributed by atoms with Crippen LogP contribution in [0.2, 0.25) is 0 Å². The Morgan fingerprint density at radius 3 is 2.74 bits per heavy atom. The van der Waals surface area contributed by atoms with Crippen molar-refractivity contribution in [3.05, 3.63) is 24.1 Å². The quantitative estimate of drug-likeness (QED) is 0.796. The third-order valence-corrected chi connectivity index (χ3v) is 4.41. The zero-order valence-electron chi connectivity index (χ0n) is 11.6. The molecule has 5 heteroatoms. The van der Waals surface area contributed by atoms with Crippen molar-refractivity contribution in [2.45, 2.75) is 19.0 Å². The Kier molecular flexibility index (Phi) is 3.41. The second-order valence-electron chi connectivity index (χ2n) is 5.69. The lowest BCUT2D eigenvalue weighted by Crippen LogP contribution is -2.64. The molecule has 0 aliphatic carbocycles. The predicted octanol–water partition coefficient (Wildman–Crippen LogP) is 1.05. The zero-order chi connectivity index (χ0) is 13.4. The van der Waals surface area contributed by atoms with Gasteiger partial charge in [0.2, 0.25) is 0 Å². The molecule has 2 aliphatic heterocycles. The van der Waals surface area contributed by atoms with Gasteiger partial charge in [0.15, 0.2) is 11.6 Å². The maximum atomic E-state index is 13.6. The summed E-state index contributed by atoms with van der Waals surface area (Å²) in [7, 11) is 2.18. The Morgan fingerprint density at radius 2 is 2.05 bits per heavy atom. The van der Waals surface area contributed by atoms with Gasteiger partial charge in [-0.2, -0.15) is 0 Å². The second kappa shape index (κ2) is 5.06. The Morgan fingerprint density at radius 1 is 1.26 bits per heavy atom. The van der Waals surface area contributed by atoms with Gasteiger partial charge in [-0.05, 0) is 26.1 Å². The maximum Gasteiger partial charge on any atom is 0.165 e. The van der Waals surface area contributed by atoms with Gasteiger partial charge >= 0.3 is 0 Å². The summed E-state index contributed by atoms with van der Waals surface area (Å²) >= 11 is 0. The number of aromatic nitrogens is 1. The van der Waals surface area contributed by atoms with Crippen LogP contribution in [0.1, 0.15) is 6.92 Å². The van der Waals surface area contributed by atoms with E-state index in [4.69, 9.17) is 0 Å². The normalized spacial score (nSPS) is 26.5. The van der Waals surface area contributed by atoms with Crippen LogP contribution in [0.25, 0.3) is 0 Å². The first-order chi connectivity index (χ1) is 9.15. The molecule has 1 atom stereocenters. The molecule has 0 aromatic carbocycles. The molecule has 2 saturated heterocycles. The van der Waals surface area contributed by atoms with E-state index in [1.807, 2.05) is 4.90 Å². The average Bonchev–Trinajstić information content (AvgIpc) is 2.34. The van der Waals surface area contributed by atoms with E-state index in [1.165, 1.54) is 6.07 Å². The van der Waals surface area contributed by atoms with Crippen LogP contribution in [0.5, 0.6) is 0 Å². The number of halogens is 1. The number of nitrogens with zero attached hydrogens (tertiary/aromatic N) is 4. The number of anilines is 1. The molecule has 2 aliphatic rings. The lowest BCUT2D eigenvalue weighted by molar-refractivity contribution is 0.0608. The Labute approximate surface area is 113 Å². The lowest BCUT2D eigenvalue weighted by atomic mass is 10.0. The SMILES string of the molecule is C[C@@H]1CN(C2CN(c3ncccc3F)C2)CCN1C. The third kappa shape index (κ3) is 2.44. The van der Waals surface area contributed by atoms with Crippen molar-refractivity contribution >= 4 is 5.82 Å². The summed E-state index contributed by atoms with van der Waals surface area (Å²) in [6, 6.07) is 4.28. The van der Waals surface area contributed by atoms with E-state index in [-0.39, 0.29) is 5.82 Å². The van der Waals surface area contributed by atoms with Crippen molar-refractivity contribution in [2.75, 3.05) is 44.7 Å². The van der Waals surface area contributed by atoms with Crippen molar-refractivity contribution in [1.82, 2.24) is 14.8 Å². The molecule has 1 aromatic rings.